The summed E-state index contributed by atoms with van der Waals surface area (Å²) < 4.78 is 5.39. The second-order valence-corrected chi connectivity index (χ2v) is 4.02. The van der Waals surface area contributed by atoms with Crippen molar-refractivity contribution in [1.82, 2.24) is 0 Å². The van der Waals surface area contributed by atoms with Crippen LogP contribution in [0, 0.1) is 0 Å². The number of methoxy groups -OCH3 is 1. The molecule has 1 aromatic carbocycles. The van der Waals surface area contributed by atoms with Gasteiger partial charge in [-0.25, -0.2) is 0 Å². The van der Waals surface area contributed by atoms with E-state index in [2.05, 4.69) is 17.4 Å². The normalized spacial score (nSPS) is 21.0. The predicted octanol–water partition coefficient (Wildman–Crippen LogP) is 2.15. The van der Waals surface area contributed by atoms with Crippen LogP contribution >= 0.6 is 0 Å². The maximum absolute atomic E-state index is 5.39. The number of hydrogen-bond donors (Lipinski definition) is 1. The van der Waals surface area contributed by atoms with Crippen molar-refractivity contribution in [2.24, 2.45) is 0 Å². The third kappa shape index (κ3) is 0.831. The number of hydrogen-bond acceptors (Lipinski definition) is 2. The fraction of sp³-hybridized carbons (Fsp3) is 0.455. The molecule has 0 bridgehead atoms. The van der Waals surface area contributed by atoms with Crippen LogP contribution in [-0.4, -0.2) is 13.7 Å². The largest absolute Gasteiger partial charge is 0.496 e. The highest BCUT2D eigenvalue weighted by atomic mass is 16.5. The smallest absolute Gasteiger partial charge is 0.124 e. The van der Waals surface area contributed by atoms with Crippen LogP contribution in [-0.2, 0) is 5.41 Å². The minimum atomic E-state index is 0.432. The van der Waals surface area contributed by atoms with Gasteiger partial charge in [-0.05, 0) is 25.0 Å². The van der Waals surface area contributed by atoms with E-state index in [1.165, 1.54) is 24.1 Å². The molecule has 1 fully saturated rings. The molecule has 3 rings (SSSR count). The Morgan fingerprint density at radius 1 is 1.38 bits per heavy atom. The average Bonchev–Trinajstić information content (AvgIpc) is 2.84. The van der Waals surface area contributed by atoms with E-state index in [9.17, 15) is 0 Å². The van der Waals surface area contributed by atoms with Crippen molar-refractivity contribution in [3.05, 3.63) is 23.8 Å². The number of fused-ring (bicyclic) bond motifs is 2. The molecule has 1 spiro atoms. The Kier molecular flexibility index (Phi) is 1.22. The van der Waals surface area contributed by atoms with E-state index in [-0.39, 0.29) is 0 Å². The Bertz CT molecular complexity index is 355. The van der Waals surface area contributed by atoms with Gasteiger partial charge < -0.3 is 10.1 Å². The molecular formula is C11H13NO. The molecule has 0 radical (unpaired) electrons. The van der Waals surface area contributed by atoms with E-state index >= 15 is 0 Å². The molecule has 1 aliphatic carbocycles. The Hall–Kier alpha value is -1.18. The van der Waals surface area contributed by atoms with Gasteiger partial charge in [0.15, 0.2) is 0 Å². The summed E-state index contributed by atoms with van der Waals surface area (Å²) in [4.78, 5) is 0. The van der Waals surface area contributed by atoms with E-state index in [0.29, 0.717) is 5.41 Å². The molecule has 1 N–H and O–H groups in total. The minimum absolute atomic E-state index is 0.432. The Labute approximate surface area is 77.9 Å². The highest BCUT2D eigenvalue weighted by Crippen LogP contribution is 2.57. The standard InChI is InChI=1S/C11H13NO/c1-13-9-4-2-3-8-10(9)11(5-6-11)7-12-8/h2-4,12H,5-7H2,1H3. The summed E-state index contributed by atoms with van der Waals surface area (Å²) in [5.74, 6) is 1.06. The molecule has 2 aliphatic rings. The lowest BCUT2D eigenvalue weighted by molar-refractivity contribution is 0.407. The first-order valence-electron chi connectivity index (χ1n) is 4.77. The molecule has 2 heteroatoms. The van der Waals surface area contributed by atoms with Gasteiger partial charge in [0.2, 0.25) is 0 Å². The molecule has 0 amide bonds. The van der Waals surface area contributed by atoms with Gasteiger partial charge in [0.25, 0.3) is 0 Å². The summed E-state index contributed by atoms with van der Waals surface area (Å²) in [5, 5.41) is 3.45. The fourth-order valence-electron chi connectivity index (χ4n) is 2.33. The van der Waals surface area contributed by atoms with Crippen LogP contribution in [0.5, 0.6) is 5.75 Å². The van der Waals surface area contributed by atoms with Crippen molar-refractivity contribution in [2.75, 3.05) is 19.0 Å². The van der Waals surface area contributed by atoms with Gasteiger partial charge in [0.1, 0.15) is 5.75 Å². The first kappa shape index (κ1) is 7.25. The molecule has 0 aromatic heterocycles. The number of ether oxygens (including phenoxy) is 1. The quantitative estimate of drug-likeness (QED) is 0.706. The lowest BCUT2D eigenvalue weighted by atomic mass is 9.97. The van der Waals surface area contributed by atoms with Gasteiger partial charge in [-0.15, -0.1) is 0 Å². The SMILES string of the molecule is COc1cccc2c1C1(CC1)CN2. The van der Waals surface area contributed by atoms with E-state index in [1.807, 2.05) is 6.07 Å². The van der Waals surface area contributed by atoms with Crippen molar-refractivity contribution in [3.63, 3.8) is 0 Å². The van der Waals surface area contributed by atoms with Crippen LogP contribution < -0.4 is 10.1 Å². The number of benzene rings is 1. The summed E-state index contributed by atoms with van der Waals surface area (Å²) >= 11 is 0. The fourth-order valence-corrected chi connectivity index (χ4v) is 2.33. The highest BCUT2D eigenvalue weighted by Gasteiger charge is 2.50. The topological polar surface area (TPSA) is 21.3 Å². The first-order valence-corrected chi connectivity index (χ1v) is 4.77. The monoisotopic (exact) mass is 175 g/mol. The van der Waals surface area contributed by atoms with Crippen molar-refractivity contribution in [1.29, 1.82) is 0 Å². The van der Waals surface area contributed by atoms with E-state index in [0.717, 1.165) is 12.3 Å². The number of anilines is 1. The van der Waals surface area contributed by atoms with Crippen LogP contribution in [0.25, 0.3) is 0 Å². The minimum Gasteiger partial charge on any atom is -0.496 e. The predicted molar refractivity (Wildman–Crippen MR) is 52.4 cm³/mol. The highest BCUT2D eigenvalue weighted by molar-refractivity contribution is 5.67. The molecular weight excluding hydrogens is 162 g/mol. The zero-order valence-electron chi connectivity index (χ0n) is 7.76. The molecule has 0 unspecified atom stereocenters. The molecule has 0 atom stereocenters. The lowest BCUT2D eigenvalue weighted by Gasteiger charge is -2.10. The molecule has 2 nitrogen and oxygen atoms in total. The van der Waals surface area contributed by atoms with Crippen LogP contribution in [0.15, 0.2) is 18.2 Å². The Balaban J connectivity index is 2.20. The van der Waals surface area contributed by atoms with Gasteiger partial charge in [-0.3, -0.25) is 0 Å². The zero-order chi connectivity index (χ0) is 8.89. The zero-order valence-corrected chi connectivity index (χ0v) is 7.76. The summed E-state index contributed by atoms with van der Waals surface area (Å²) in [6.45, 7) is 1.10. The van der Waals surface area contributed by atoms with Gasteiger partial charge in [0.05, 0.1) is 7.11 Å². The molecule has 1 aliphatic heterocycles. The van der Waals surface area contributed by atoms with Crippen molar-refractivity contribution in [2.45, 2.75) is 18.3 Å². The summed E-state index contributed by atoms with van der Waals surface area (Å²) in [5.41, 5.74) is 3.12. The maximum Gasteiger partial charge on any atom is 0.124 e. The van der Waals surface area contributed by atoms with Crippen LogP contribution in [0.2, 0.25) is 0 Å². The number of nitrogens with one attached hydrogen (secondary N) is 1. The average molecular weight is 175 g/mol. The third-order valence-electron chi connectivity index (χ3n) is 3.25. The van der Waals surface area contributed by atoms with E-state index < -0.39 is 0 Å². The maximum atomic E-state index is 5.39. The van der Waals surface area contributed by atoms with E-state index in [1.54, 1.807) is 7.11 Å². The Morgan fingerprint density at radius 3 is 2.92 bits per heavy atom. The van der Waals surface area contributed by atoms with Gasteiger partial charge >= 0.3 is 0 Å². The second kappa shape index (κ2) is 2.19. The van der Waals surface area contributed by atoms with Crippen LogP contribution in [0.4, 0.5) is 5.69 Å². The second-order valence-electron chi connectivity index (χ2n) is 4.02. The molecule has 13 heavy (non-hydrogen) atoms. The summed E-state index contributed by atoms with van der Waals surface area (Å²) in [6, 6.07) is 6.25. The van der Waals surface area contributed by atoms with Crippen LogP contribution in [0.1, 0.15) is 18.4 Å². The van der Waals surface area contributed by atoms with Crippen molar-refractivity contribution in [3.8, 4) is 5.75 Å². The molecule has 1 heterocycles. The lowest BCUT2D eigenvalue weighted by Crippen LogP contribution is -2.09. The molecule has 68 valence electrons. The molecule has 1 aromatic rings. The van der Waals surface area contributed by atoms with Gasteiger partial charge in [-0.1, -0.05) is 6.07 Å². The number of rotatable bonds is 1. The van der Waals surface area contributed by atoms with Crippen molar-refractivity contribution < 1.29 is 4.74 Å². The van der Waals surface area contributed by atoms with Gasteiger partial charge in [0, 0.05) is 23.2 Å². The van der Waals surface area contributed by atoms with E-state index in [4.69, 9.17) is 4.74 Å². The van der Waals surface area contributed by atoms with Crippen LogP contribution in [0.3, 0.4) is 0 Å². The van der Waals surface area contributed by atoms with Crippen molar-refractivity contribution >= 4 is 5.69 Å². The molecule has 0 saturated heterocycles. The first-order chi connectivity index (χ1) is 6.36. The molecule has 1 saturated carbocycles. The Morgan fingerprint density at radius 2 is 2.23 bits per heavy atom. The van der Waals surface area contributed by atoms with Gasteiger partial charge in [-0.2, -0.15) is 0 Å². The third-order valence-corrected chi connectivity index (χ3v) is 3.25. The summed E-state index contributed by atoms with van der Waals surface area (Å²) in [7, 11) is 1.75. The summed E-state index contributed by atoms with van der Waals surface area (Å²) in [6.07, 6.45) is 2.63.